The number of hydrogen-bond donors (Lipinski definition) is 6. The molecule has 35 heavy (non-hydrogen) atoms. The minimum Gasteiger partial charge on any atom is -0.382 e. The summed E-state index contributed by atoms with van der Waals surface area (Å²) in [5.41, 5.74) is 23.9. The third-order valence-corrected chi connectivity index (χ3v) is 6.27. The smallest absolute Gasteiger partial charge is 0.263 e. The molecule has 0 aliphatic rings. The predicted octanol–water partition coefficient (Wildman–Crippen LogP) is 3.34. The van der Waals surface area contributed by atoms with Gasteiger partial charge < -0.3 is 16.9 Å². The summed E-state index contributed by atoms with van der Waals surface area (Å²) < 4.78 is 27.6. The molecule has 0 saturated carbocycles. The predicted molar refractivity (Wildman–Crippen MR) is 140 cm³/mol. The Kier molecular flexibility index (Phi) is 6.73. The first-order chi connectivity index (χ1) is 16.8. The molecular formula is C23H25N9O2S. The minimum absolute atomic E-state index is 0.0956. The highest BCUT2D eigenvalue weighted by atomic mass is 32.2. The van der Waals surface area contributed by atoms with Crippen LogP contribution >= 0.6 is 0 Å². The van der Waals surface area contributed by atoms with Gasteiger partial charge >= 0.3 is 0 Å². The number of anilines is 7. The van der Waals surface area contributed by atoms with E-state index in [2.05, 4.69) is 31.0 Å². The Bertz CT molecular complexity index is 1380. The molecule has 4 rings (SSSR count). The van der Waals surface area contributed by atoms with Crippen molar-refractivity contribution in [2.45, 2.75) is 4.90 Å². The normalized spacial score (nSPS) is 10.9. The third kappa shape index (κ3) is 5.81. The van der Waals surface area contributed by atoms with E-state index in [0.29, 0.717) is 17.1 Å². The molecule has 0 atom stereocenters. The molecule has 8 N–H and O–H groups in total. The summed E-state index contributed by atoms with van der Waals surface area (Å²) in [4.78, 5) is 8.29. The molecule has 0 bridgehead atoms. The molecule has 0 radical (unpaired) electrons. The molecule has 0 fully saturated rings. The fraction of sp³-hybridized carbons (Fsp3) is 0.0435. The Labute approximate surface area is 203 Å². The zero-order valence-electron chi connectivity index (χ0n) is 18.8. The van der Waals surface area contributed by atoms with Gasteiger partial charge in [0.25, 0.3) is 10.0 Å². The lowest BCUT2D eigenvalue weighted by Gasteiger charge is -2.24. The molecule has 0 saturated heterocycles. The van der Waals surface area contributed by atoms with Crippen molar-refractivity contribution < 1.29 is 8.42 Å². The molecule has 12 heteroatoms. The van der Waals surface area contributed by atoms with Crippen molar-refractivity contribution in [3.63, 3.8) is 0 Å². The van der Waals surface area contributed by atoms with Crippen LogP contribution in [0.15, 0.2) is 90.0 Å². The molecule has 2 heterocycles. The Hall–Kier alpha value is -4.71. The summed E-state index contributed by atoms with van der Waals surface area (Å²) in [6.45, 7) is 0. The van der Waals surface area contributed by atoms with Gasteiger partial charge in [-0.15, -0.1) is 0 Å². The van der Waals surface area contributed by atoms with E-state index in [9.17, 15) is 8.42 Å². The van der Waals surface area contributed by atoms with Crippen molar-refractivity contribution >= 4 is 50.2 Å². The van der Waals surface area contributed by atoms with Gasteiger partial charge in [0.15, 0.2) is 11.6 Å². The summed E-state index contributed by atoms with van der Waals surface area (Å²) in [5.74, 6) is 0.699. The number of aromatic nitrogens is 2. The zero-order chi connectivity index (χ0) is 24.8. The van der Waals surface area contributed by atoms with Crippen molar-refractivity contribution in [2.75, 3.05) is 44.5 Å². The maximum atomic E-state index is 12.6. The Morgan fingerprint density at radius 2 is 1.54 bits per heavy atom. The fourth-order valence-electron chi connectivity index (χ4n) is 3.14. The quantitative estimate of drug-likeness (QED) is 0.191. The van der Waals surface area contributed by atoms with Crippen LogP contribution in [0.5, 0.6) is 0 Å². The van der Waals surface area contributed by atoms with Gasteiger partial charge in [-0.05, 0) is 54.6 Å². The van der Waals surface area contributed by atoms with Crippen molar-refractivity contribution in [2.24, 2.45) is 0 Å². The van der Waals surface area contributed by atoms with Crippen LogP contribution in [0.2, 0.25) is 0 Å². The van der Waals surface area contributed by atoms with Crippen molar-refractivity contribution in [1.29, 1.82) is 0 Å². The Balaban J connectivity index is 1.44. The number of benzene rings is 2. The monoisotopic (exact) mass is 491 g/mol. The fourth-order valence-corrected chi connectivity index (χ4v) is 4.15. The second-order valence-electron chi connectivity index (χ2n) is 7.46. The maximum Gasteiger partial charge on any atom is 0.263 e. The van der Waals surface area contributed by atoms with Gasteiger partial charge in [-0.2, -0.15) is 0 Å². The van der Waals surface area contributed by atoms with Crippen LogP contribution in [-0.4, -0.2) is 25.4 Å². The number of hydrazine groups is 2. The Morgan fingerprint density at radius 3 is 2.23 bits per heavy atom. The van der Waals surface area contributed by atoms with Gasteiger partial charge in [0.1, 0.15) is 11.5 Å². The number of rotatable bonds is 9. The first kappa shape index (κ1) is 23.4. The zero-order valence-corrected chi connectivity index (χ0v) is 19.6. The largest absolute Gasteiger partial charge is 0.382 e. The van der Waals surface area contributed by atoms with Gasteiger partial charge in [0, 0.05) is 13.2 Å². The number of nitrogens with two attached hydrogens (primary N) is 2. The molecule has 0 aliphatic heterocycles. The average Bonchev–Trinajstić information content (AvgIpc) is 2.85. The number of nitrogens with zero attached hydrogens (tertiary/aromatic N) is 3. The third-order valence-electron chi connectivity index (χ3n) is 4.90. The lowest BCUT2D eigenvalue weighted by atomic mass is 10.3. The summed E-state index contributed by atoms with van der Waals surface area (Å²) in [6, 6.07) is 22.5. The second kappa shape index (κ2) is 10.1. The first-order valence-electron chi connectivity index (χ1n) is 10.5. The van der Waals surface area contributed by atoms with E-state index in [1.807, 2.05) is 37.4 Å². The van der Waals surface area contributed by atoms with Gasteiger partial charge in [-0.25, -0.2) is 18.4 Å². The number of hydrogen-bond acceptors (Lipinski definition) is 10. The number of para-hydroxylation sites is 1. The average molecular weight is 492 g/mol. The van der Waals surface area contributed by atoms with E-state index in [0.717, 1.165) is 5.69 Å². The lowest BCUT2D eigenvalue weighted by Crippen LogP contribution is -2.26. The second-order valence-corrected chi connectivity index (χ2v) is 9.14. The van der Waals surface area contributed by atoms with E-state index in [1.165, 1.54) is 18.3 Å². The summed E-state index contributed by atoms with van der Waals surface area (Å²) in [7, 11) is -1.96. The van der Waals surface area contributed by atoms with E-state index < -0.39 is 10.0 Å². The topological polar surface area (TPSA) is 163 Å². The molecule has 2 aromatic carbocycles. The maximum absolute atomic E-state index is 12.6. The standard InChI is InChI=1S/C23H25N9O2S/c1-32(30-17-7-3-2-4-8-17)20-15-19(22(24)27-23(20)25)29-28-16-10-12-18(13-11-16)35(33,34)31-21-9-5-6-14-26-21/h2-15,28-30H,1H3,(H,26,31)(H4,24,25,27). The number of nitrogens with one attached hydrogen (secondary N) is 4. The van der Waals surface area contributed by atoms with E-state index in [-0.39, 0.29) is 22.3 Å². The molecular weight excluding hydrogens is 466 g/mol. The number of pyridine rings is 2. The number of nitrogen functional groups attached to an aromatic ring is 2. The van der Waals surface area contributed by atoms with Gasteiger partial charge in [-0.3, -0.25) is 20.6 Å². The Morgan fingerprint density at radius 1 is 0.829 bits per heavy atom. The van der Waals surface area contributed by atoms with Crippen LogP contribution in [0.4, 0.5) is 40.2 Å². The molecule has 4 aromatic rings. The van der Waals surface area contributed by atoms with E-state index in [4.69, 9.17) is 11.5 Å². The van der Waals surface area contributed by atoms with E-state index >= 15 is 0 Å². The summed E-state index contributed by atoms with van der Waals surface area (Å²) in [5, 5.41) is 1.73. The highest BCUT2D eigenvalue weighted by Crippen LogP contribution is 2.29. The molecule has 0 amide bonds. The molecule has 11 nitrogen and oxygen atoms in total. The van der Waals surface area contributed by atoms with Crippen LogP contribution in [-0.2, 0) is 10.0 Å². The van der Waals surface area contributed by atoms with E-state index in [1.54, 1.807) is 41.4 Å². The van der Waals surface area contributed by atoms with Gasteiger partial charge in [0.2, 0.25) is 0 Å². The SMILES string of the molecule is CN(Nc1ccccc1)c1cc(NNc2ccc(S(=O)(=O)Nc3ccccn3)cc2)c(N)nc1N. The molecule has 180 valence electrons. The van der Waals surface area contributed by atoms with Crippen LogP contribution in [0.3, 0.4) is 0 Å². The summed E-state index contributed by atoms with van der Waals surface area (Å²) >= 11 is 0. The summed E-state index contributed by atoms with van der Waals surface area (Å²) in [6.07, 6.45) is 1.51. The van der Waals surface area contributed by atoms with Crippen molar-refractivity contribution in [1.82, 2.24) is 9.97 Å². The van der Waals surface area contributed by atoms with Crippen molar-refractivity contribution in [3.8, 4) is 0 Å². The highest BCUT2D eigenvalue weighted by molar-refractivity contribution is 7.92. The number of sulfonamides is 1. The highest BCUT2D eigenvalue weighted by Gasteiger charge is 2.15. The van der Waals surface area contributed by atoms with Crippen molar-refractivity contribution in [3.05, 3.63) is 85.1 Å². The van der Waals surface area contributed by atoms with Crippen LogP contribution in [0.1, 0.15) is 0 Å². The van der Waals surface area contributed by atoms with Crippen LogP contribution in [0.25, 0.3) is 0 Å². The molecule has 0 aliphatic carbocycles. The minimum atomic E-state index is -3.77. The molecule has 0 unspecified atom stereocenters. The van der Waals surface area contributed by atoms with Gasteiger partial charge in [0.05, 0.1) is 22.0 Å². The molecule has 0 spiro atoms. The van der Waals surface area contributed by atoms with Crippen LogP contribution < -0.4 is 37.5 Å². The van der Waals surface area contributed by atoms with Crippen LogP contribution in [0, 0.1) is 0 Å². The van der Waals surface area contributed by atoms with Gasteiger partial charge in [-0.1, -0.05) is 24.3 Å². The lowest BCUT2D eigenvalue weighted by molar-refractivity contribution is 0.601. The molecule has 2 aromatic heterocycles. The first-order valence-corrected chi connectivity index (χ1v) is 12.0.